The minimum atomic E-state index is 1.17. The lowest BCUT2D eigenvalue weighted by Crippen LogP contribution is -2.43. The topological polar surface area (TPSA) is 6.48 Å². The van der Waals surface area contributed by atoms with E-state index >= 15 is 0 Å². The zero-order valence-electron chi connectivity index (χ0n) is 8.51. The quantitative estimate of drug-likeness (QED) is 0.617. The molecule has 2 nitrogen and oxygen atoms in total. The molecule has 0 aromatic heterocycles. The summed E-state index contributed by atoms with van der Waals surface area (Å²) in [6, 6.07) is 0. The van der Waals surface area contributed by atoms with Crippen molar-refractivity contribution in [3.05, 3.63) is 11.8 Å². The molecule has 0 saturated carbocycles. The number of piperazine rings is 1. The molecule has 1 rings (SSSR count). The van der Waals surface area contributed by atoms with Crippen LogP contribution in [0.25, 0.3) is 0 Å². The van der Waals surface area contributed by atoms with Crippen LogP contribution in [-0.2, 0) is 0 Å². The molecular formula is C10H20N2. The Kier molecular flexibility index (Phi) is 3.60. The van der Waals surface area contributed by atoms with Crippen LogP contribution in [0.3, 0.4) is 0 Å². The zero-order chi connectivity index (χ0) is 8.97. The third kappa shape index (κ3) is 2.24. The van der Waals surface area contributed by atoms with Gasteiger partial charge in [-0.05, 0) is 20.4 Å². The fourth-order valence-electron chi connectivity index (χ4n) is 1.70. The Morgan fingerprint density at radius 1 is 1.25 bits per heavy atom. The van der Waals surface area contributed by atoms with Crippen LogP contribution in [-0.4, -0.2) is 43.0 Å². The van der Waals surface area contributed by atoms with Crippen molar-refractivity contribution in [3.63, 3.8) is 0 Å². The van der Waals surface area contributed by atoms with E-state index in [1.165, 1.54) is 38.3 Å². The predicted molar refractivity (Wildman–Crippen MR) is 53.1 cm³/mol. The van der Waals surface area contributed by atoms with Crippen LogP contribution in [0.4, 0.5) is 0 Å². The first-order valence-corrected chi connectivity index (χ1v) is 4.86. The Balaban J connectivity index is 2.43. The molecule has 0 radical (unpaired) electrons. The van der Waals surface area contributed by atoms with Gasteiger partial charge in [-0.3, -0.25) is 0 Å². The normalized spacial score (nSPS) is 21.6. The molecule has 1 fully saturated rings. The van der Waals surface area contributed by atoms with E-state index in [1.54, 1.807) is 0 Å². The molecule has 0 bridgehead atoms. The summed E-state index contributed by atoms with van der Waals surface area (Å²) >= 11 is 0. The second kappa shape index (κ2) is 4.51. The van der Waals surface area contributed by atoms with Crippen molar-refractivity contribution < 1.29 is 0 Å². The van der Waals surface area contributed by atoms with Gasteiger partial charge >= 0.3 is 0 Å². The van der Waals surface area contributed by atoms with Crippen molar-refractivity contribution in [2.24, 2.45) is 0 Å². The van der Waals surface area contributed by atoms with Gasteiger partial charge in [-0.25, -0.2) is 0 Å². The molecule has 1 aliphatic rings. The van der Waals surface area contributed by atoms with Crippen LogP contribution in [0.15, 0.2) is 11.8 Å². The van der Waals surface area contributed by atoms with Gasteiger partial charge in [-0.15, -0.1) is 0 Å². The number of hydrogen-bond acceptors (Lipinski definition) is 2. The van der Waals surface area contributed by atoms with Gasteiger partial charge in [0.2, 0.25) is 0 Å². The molecule has 1 saturated heterocycles. The lowest BCUT2D eigenvalue weighted by molar-refractivity contribution is 0.183. The van der Waals surface area contributed by atoms with Gasteiger partial charge in [0.25, 0.3) is 0 Å². The van der Waals surface area contributed by atoms with E-state index in [0.717, 1.165) is 0 Å². The van der Waals surface area contributed by atoms with Crippen molar-refractivity contribution in [1.82, 2.24) is 9.80 Å². The van der Waals surface area contributed by atoms with E-state index < -0.39 is 0 Å². The summed E-state index contributed by atoms with van der Waals surface area (Å²) in [7, 11) is 2.19. The highest BCUT2D eigenvalue weighted by molar-refractivity contribution is 5.00. The average molecular weight is 168 g/mol. The van der Waals surface area contributed by atoms with Crippen LogP contribution >= 0.6 is 0 Å². The van der Waals surface area contributed by atoms with E-state index in [2.05, 4.69) is 36.8 Å². The van der Waals surface area contributed by atoms with Crippen molar-refractivity contribution in [2.45, 2.75) is 20.3 Å². The first kappa shape index (κ1) is 9.59. The van der Waals surface area contributed by atoms with Crippen LogP contribution in [0.2, 0.25) is 0 Å². The molecule has 2 heteroatoms. The van der Waals surface area contributed by atoms with Gasteiger partial charge in [0.05, 0.1) is 0 Å². The Hall–Kier alpha value is -0.500. The Morgan fingerprint density at radius 2 is 1.83 bits per heavy atom. The van der Waals surface area contributed by atoms with Crippen molar-refractivity contribution in [2.75, 3.05) is 33.2 Å². The minimum absolute atomic E-state index is 1.17. The van der Waals surface area contributed by atoms with Gasteiger partial charge in [-0.1, -0.05) is 13.0 Å². The summed E-state index contributed by atoms with van der Waals surface area (Å²) < 4.78 is 0. The zero-order valence-corrected chi connectivity index (χ0v) is 8.51. The fourth-order valence-corrected chi connectivity index (χ4v) is 1.70. The van der Waals surface area contributed by atoms with Gasteiger partial charge in [0.1, 0.15) is 0 Å². The van der Waals surface area contributed by atoms with E-state index in [4.69, 9.17) is 0 Å². The highest BCUT2D eigenvalue weighted by Gasteiger charge is 2.13. The summed E-state index contributed by atoms with van der Waals surface area (Å²) in [6.45, 7) is 9.17. The number of likely N-dealkylation sites (N-methyl/N-ethyl adjacent to an activating group) is 1. The molecule has 0 aromatic carbocycles. The van der Waals surface area contributed by atoms with E-state index in [9.17, 15) is 0 Å². The second-order valence-electron chi connectivity index (χ2n) is 3.42. The van der Waals surface area contributed by atoms with Gasteiger partial charge in [-0.2, -0.15) is 0 Å². The van der Waals surface area contributed by atoms with Crippen LogP contribution in [0.5, 0.6) is 0 Å². The van der Waals surface area contributed by atoms with Gasteiger partial charge in [0.15, 0.2) is 0 Å². The van der Waals surface area contributed by atoms with Crippen molar-refractivity contribution >= 4 is 0 Å². The number of allylic oxidation sites excluding steroid dienone is 2. The number of rotatable bonds is 2. The maximum atomic E-state index is 2.50. The first-order chi connectivity index (χ1) is 5.77. The maximum Gasteiger partial charge on any atom is 0.0303 e. The second-order valence-corrected chi connectivity index (χ2v) is 3.42. The van der Waals surface area contributed by atoms with Gasteiger partial charge in [0, 0.05) is 31.9 Å². The van der Waals surface area contributed by atoms with E-state index in [-0.39, 0.29) is 0 Å². The Bertz CT molecular complexity index is 155. The Morgan fingerprint density at radius 3 is 2.25 bits per heavy atom. The Labute approximate surface area is 75.8 Å². The average Bonchev–Trinajstić information content (AvgIpc) is 2.10. The van der Waals surface area contributed by atoms with Crippen molar-refractivity contribution in [1.29, 1.82) is 0 Å². The fraction of sp³-hybridized carbons (Fsp3) is 0.800. The van der Waals surface area contributed by atoms with E-state index in [0.29, 0.717) is 0 Å². The molecule has 1 heterocycles. The summed E-state index contributed by atoms with van der Waals surface area (Å²) in [5.41, 5.74) is 1.50. The first-order valence-electron chi connectivity index (χ1n) is 4.86. The summed E-state index contributed by atoms with van der Waals surface area (Å²) in [5.74, 6) is 0. The summed E-state index contributed by atoms with van der Waals surface area (Å²) in [4.78, 5) is 4.89. The van der Waals surface area contributed by atoms with Crippen LogP contribution in [0, 0.1) is 0 Å². The summed E-state index contributed by atoms with van der Waals surface area (Å²) in [6.07, 6.45) is 3.41. The predicted octanol–water partition coefficient (Wildman–Crippen LogP) is 1.55. The summed E-state index contributed by atoms with van der Waals surface area (Å²) in [5, 5.41) is 0. The number of nitrogens with zero attached hydrogens (tertiary/aromatic N) is 2. The molecule has 0 amide bonds. The van der Waals surface area contributed by atoms with Crippen LogP contribution < -0.4 is 0 Å². The molecule has 0 N–H and O–H groups in total. The molecule has 0 aliphatic carbocycles. The third-order valence-corrected chi connectivity index (χ3v) is 2.60. The highest BCUT2D eigenvalue weighted by atomic mass is 15.2. The molecule has 0 atom stereocenters. The lowest BCUT2D eigenvalue weighted by atomic mass is 10.2. The molecule has 12 heavy (non-hydrogen) atoms. The maximum absolute atomic E-state index is 2.50. The molecule has 0 unspecified atom stereocenters. The molecule has 70 valence electrons. The smallest absolute Gasteiger partial charge is 0.0303 e. The lowest BCUT2D eigenvalue weighted by Gasteiger charge is -2.35. The SMILES string of the molecule is CC=C(CC)N1CCN(C)CC1. The molecular weight excluding hydrogens is 148 g/mol. The molecule has 0 spiro atoms. The molecule has 1 aliphatic heterocycles. The van der Waals surface area contributed by atoms with Gasteiger partial charge < -0.3 is 9.80 Å². The van der Waals surface area contributed by atoms with Crippen LogP contribution in [0.1, 0.15) is 20.3 Å². The highest BCUT2D eigenvalue weighted by Crippen LogP contribution is 2.11. The van der Waals surface area contributed by atoms with Crippen molar-refractivity contribution in [3.8, 4) is 0 Å². The monoisotopic (exact) mass is 168 g/mol. The minimum Gasteiger partial charge on any atom is -0.373 e. The number of hydrogen-bond donors (Lipinski definition) is 0. The molecule has 0 aromatic rings. The third-order valence-electron chi connectivity index (χ3n) is 2.60. The standard InChI is InChI=1S/C10H20N2/c1-4-10(5-2)12-8-6-11(3)7-9-12/h4H,5-9H2,1-3H3. The largest absolute Gasteiger partial charge is 0.373 e. The van der Waals surface area contributed by atoms with E-state index in [1.807, 2.05) is 0 Å².